The fourth-order valence-corrected chi connectivity index (χ4v) is 3.17. The number of hydrogen-bond acceptors (Lipinski definition) is 4. The summed E-state index contributed by atoms with van der Waals surface area (Å²) in [5, 5.41) is 9.25. The van der Waals surface area contributed by atoms with Crippen molar-refractivity contribution in [1.29, 1.82) is 0 Å². The Bertz CT molecular complexity index is 1390. The molecule has 1 heterocycles. The second kappa shape index (κ2) is 9.94. The number of anilines is 2. The minimum atomic E-state index is -4.83. The molecule has 4 aromatic rings. The third-order valence-electron chi connectivity index (χ3n) is 4.63. The van der Waals surface area contributed by atoms with Crippen molar-refractivity contribution in [2.45, 2.75) is 13.3 Å². The van der Waals surface area contributed by atoms with Crippen LogP contribution in [0.3, 0.4) is 0 Å². The number of carbonyl (C=O) groups excluding carboxylic acids is 1. The number of amides is 2. The van der Waals surface area contributed by atoms with Gasteiger partial charge in [0.05, 0.1) is 11.4 Å². The van der Waals surface area contributed by atoms with E-state index in [-0.39, 0.29) is 28.7 Å². The fourth-order valence-electron chi connectivity index (χ4n) is 3.17. The summed E-state index contributed by atoms with van der Waals surface area (Å²) in [5.41, 5.74) is 0.897. The van der Waals surface area contributed by atoms with Gasteiger partial charge >= 0.3 is 12.4 Å². The van der Waals surface area contributed by atoms with Crippen LogP contribution in [-0.4, -0.2) is 22.2 Å². The zero-order valence-corrected chi connectivity index (χ0v) is 18.4. The van der Waals surface area contributed by atoms with Gasteiger partial charge in [-0.1, -0.05) is 12.1 Å². The molecule has 0 saturated carbocycles. The highest BCUT2D eigenvalue weighted by molar-refractivity contribution is 6.00. The average Bonchev–Trinajstić information content (AvgIpc) is 3.15. The van der Waals surface area contributed by atoms with Crippen LogP contribution in [-0.2, 0) is 0 Å². The van der Waals surface area contributed by atoms with Crippen LogP contribution in [0.25, 0.3) is 5.69 Å². The van der Waals surface area contributed by atoms with Crippen molar-refractivity contribution >= 4 is 17.4 Å². The van der Waals surface area contributed by atoms with Gasteiger partial charge in [0.2, 0.25) is 5.88 Å². The average molecular weight is 504 g/mol. The second-order valence-electron chi connectivity index (χ2n) is 7.38. The van der Waals surface area contributed by atoms with Crippen LogP contribution in [0.15, 0.2) is 72.8 Å². The van der Waals surface area contributed by atoms with Gasteiger partial charge in [0.15, 0.2) is 11.6 Å². The highest BCUT2D eigenvalue weighted by atomic mass is 19.4. The van der Waals surface area contributed by atoms with E-state index < -0.39 is 29.8 Å². The van der Waals surface area contributed by atoms with Crippen molar-refractivity contribution in [3.8, 4) is 23.1 Å². The van der Waals surface area contributed by atoms with Crippen molar-refractivity contribution in [3.63, 3.8) is 0 Å². The summed E-state index contributed by atoms with van der Waals surface area (Å²) in [7, 11) is 0. The molecule has 0 fully saturated rings. The SMILES string of the molecule is Cc1cc(Oc2ccccc2NC(=O)Nc2ccc(OC(F)(F)F)cc2)n(-c2ccc(F)cc2F)n1. The zero-order chi connectivity index (χ0) is 25.9. The summed E-state index contributed by atoms with van der Waals surface area (Å²) in [5.74, 6) is -1.74. The lowest BCUT2D eigenvalue weighted by atomic mass is 10.3. The number of ether oxygens (including phenoxy) is 2. The molecule has 36 heavy (non-hydrogen) atoms. The monoisotopic (exact) mass is 504 g/mol. The van der Waals surface area contributed by atoms with Gasteiger partial charge in [-0.15, -0.1) is 13.2 Å². The highest BCUT2D eigenvalue weighted by Gasteiger charge is 2.31. The maximum Gasteiger partial charge on any atom is 0.573 e. The van der Waals surface area contributed by atoms with Gasteiger partial charge in [-0.25, -0.2) is 13.6 Å². The smallest absolute Gasteiger partial charge is 0.437 e. The van der Waals surface area contributed by atoms with E-state index in [4.69, 9.17) is 4.74 Å². The molecule has 4 rings (SSSR count). The normalized spacial score (nSPS) is 11.2. The molecule has 0 atom stereocenters. The van der Waals surface area contributed by atoms with Crippen LogP contribution in [0.4, 0.5) is 38.1 Å². The largest absolute Gasteiger partial charge is 0.573 e. The van der Waals surface area contributed by atoms with E-state index in [0.717, 1.165) is 28.9 Å². The molecule has 7 nitrogen and oxygen atoms in total. The minimum Gasteiger partial charge on any atom is -0.437 e. The molecular weight excluding hydrogens is 487 g/mol. The molecule has 3 aromatic carbocycles. The number of urea groups is 1. The van der Waals surface area contributed by atoms with Gasteiger partial charge in [0, 0.05) is 17.8 Å². The highest BCUT2D eigenvalue weighted by Crippen LogP contribution is 2.32. The lowest BCUT2D eigenvalue weighted by Gasteiger charge is -2.14. The van der Waals surface area contributed by atoms with Gasteiger partial charge < -0.3 is 20.1 Å². The Morgan fingerprint density at radius 2 is 1.67 bits per heavy atom. The Labute approximate surface area is 201 Å². The molecule has 0 spiro atoms. The molecule has 0 unspecified atom stereocenters. The molecule has 0 aliphatic rings. The molecule has 2 N–H and O–H groups in total. The molecule has 0 saturated heterocycles. The first-order valence-corrected chi connectivity index (χ1v) is 10.3. The van der Waals surface area contributed by atoms with E-state index in [1.807, 2.05) is 0 Å². The molecule has 0 radical (unpaired) electrons. The third kappa shape index (κ3) is 6.09. The number of rotatable bonds is 6. The van der Waals surface area contributed by atoms with Gasteiger partial charge in [0.25, 0.3) is 0 Å². The van der Waals surface area contributed by atoms with E-state index in [2.05, 4.69) is 20.5 Å². The number of hydrogen-bond donors (Lipinski definition) is 2. The number of alkyl halides is 3. The van der Waals surface area contributed by atoms with Crippen LogP contribution < -0.4 is 20.1 Å². The number of aryl methyl sites for hydroxylation is 1. The third-order valence-corrected chi connectivity index (χ3v) is 4.63. The Balaban J connectivity index is 1.50. The van der Waals surface area contributed by atoms with Crippen LogP contribution in [0.5, 0.6) is 17.4 Å². The van der Waals surface area contributed by atoms with Crippen molar-refractivity contribution in [2.24, 2.45) is 0 Å². The Morgan fingerprint density at radius 3 is 2.36 bits per heavy atom. The number of carbonyl (C=O) groups is 1. The van der Waals surface area contributed by atoms with Crippen LogP contribution in [0, 0.1) is 18.6 Å². The van der Waals surface area contributed by atoms with Crippen LogP contribution >= 0.6 is 0 Å². The van der Waals surface area contributed by atoms with Gasteiger partial charge in [-0.3, -0.25) is 0 Å². The number of halogens is 5. The van der Waals surface area contributed by atoms with E-state index in [1.54, 1.807) is 31.2 Å². The number of nitrogens with zero attached hydrogens (tertiary/aromatic N) is 2. The van der Waals surface area contributed by atoms with Crippen molar-refractivity contribution in [1.82, 2.24) is 9.78 Å². The summed E-state index contributed by atoms with van der Waals surface area (Å²) in [4.78, 5) is 12.5. The second-order valence-corrected chi connectivity index (χ2v) is 7.38. The number of nitrogens with one attached hydrogen (secondary N) is 2. The quantitative estimate of drug-likeness (QED) is 0.284. The predicted octanol–water partition coefficient (Wildman–Crippen LogP) is 6.79. The predicted molar refractivity (Wildman–Crippen MR) is 120 cm³/mol. The topological polar surface area (TPSA) is 77.4 Å². The van der Waals surface area contributed by atoms with Gasteiger partial charge in [-0.2, -0.15) is 9.78 Å². The number of benzene rings is 3. The van der Waals surface area contributed by atoms with Crippen molar-refractivity contribution < 1.29 is 36.2 Å². The molecule has 1 aromatic heterocycles. The lowest BCUT2D eigenvalue weighted by Crippen LogP contribution is -2.20. The number of aromatic nitrogens is 2. The summed E-state index contributed by atoms with van der Waals surface area (Å²) in [6, 6.07) is 14.8. The molecular formula is C24H17F5N4O3. The Hall–Kier alpha value is -4.61. The van der Waals surface area contributed by atoms with Crippen LogP contribution in [0.2, 0.25) is 0 Å². The maximum atomic E-state index is 14.3. The molecule has 2 amide bonds. The van der Waals surface area contributed by atoms with Gasteiger partial charge in [0.1, 0.15) is 17.3 Å². The summed E-state index contributed by atoms with van der Waals surface area (Å²) in [6.45, 7) is 1.66. The Morgan fingerprint density at radius 1 is 0.944 bits per heavy atom. The molecule has 0 bridgehead atoms. The van der Waals surface area contributed by atoms with Crippen LogP contribution in [0.1, 0.15) is 5.69 Å². The summed E-state index contributed by atoms with van der Waals surface area (Å²) < 4.78 is 75.4. The molecule has 186 valence electrons. The van der Waals surface area contributed by atoms with Crippen molar-refractivity contribution in [2.75, 3.05) is 10.6 Å². The lowest BCUT2D eigenvalue weighted by molar-refractivity contribution is -0.274. The summed E-state index contributed by atoms with van der Waals surface area (Å²) >= 11 is 0. The molecule has 12 heteroatoms. The van der Waals surface area contributed by atoms with E-state index in [1.165, 1.54) is 24.3 Å². The summed E-state index contributed by atoms with van der Waals surface area (Å²) in [6.07, 6.45) is -4.83. The minimum absolute atomic E-state index is 0.0411. The first-order chi connectivity index (χ1) is 17.1. The standard InChI is InChI=1S/C24H17F5N4O3/c1-14-12-22(33(32-14)20-11-6-15(25)13-18(20)26)35-21-5-3-2-4-19(21)31-23(34)30-16-7-9-17(10-8-16)36-24(27,28)29/h2-13H,1H3,(H2,30,31,34). The molecule has 0 aliphatic carbocycles. The van der Waals surface area contributed by atoms with Crippen molar-refractivity contribution in [3.05, 3.63) is 90.1 Å². The fraction of sp³-hybridized carbons (Fsp3) is 0.0833. The number of para-hydroxylation sites is 2. The van der Waals surface area contributed by atoms with Gasteiger partial charge in [-0.05, 0) is 55.5 Å². The van der Waals surface area contributed by atoms with E-state index in [0.29, 0.717) is 5.69 Å². The first kappa shape index (κ1) is 24.5. The molecule has 0 aliphatic heterocycles. The first-order valence-electron chi connectivity index (χ1n) is 10.3. The van der Waals surface area contributed by atoms with E-state index in [9.17, 15) is 26.7 Å². The zero-order valence-electron chi connectivity index (χ0n) is 18.4. The Kier molecular flexibility index (Phi) is 6.77. The maximum absolute atomic E-state index is 14.3. The van der Waals surface area contributed by atoms with E-state index >= 15 is 0 Å².